The van der Waals surface area contributed by atoms with Crippen molar-refractivity contribution in [2.75, 3.05) is 7.05 Å². The summed E-state index contributed by atoms with van der Waals surface area (Å²) < 4.78 is 5.19. The van der Waals surface area contributed by atoms with Gasteiger partial charge in [-0.2, -0.15) is 0 Å². The Morgan fingerprint density at radius 1 is 1.43 bits per heavy atom. The molecule has 1 unspecified atom stereocenters. The van der Waals surface area contributed by atoms with Gasteiger partial charge >= 0.3 is 12.0 Å². The van der Waals surface area contributed by atoms with Crippen molar-refractivity contribution in [3.8, 4) is 0 Å². The van der Waals surface area contributed by atoms with E-state index in [1.807, 2.05) is 0 Å². The molecule has 1 saturated carbocycles. The quantitative estimate of drug-likeness (QED) is 0.874. The van der Waals surface area contributed by atoms with Crippen LogP contribution in [0.15, 0.2) is 22.8 Å². The summed E-state index contributed by atoms with van der Waals surface area (Å²) in [6.45, 7) is 0.315. The van der Waals surface area contributed by atoms with Gasteiger partial charge in [-0.25, -0.2) is 9.59 Å². The molecule has 0 aromatic carbocycles. The van der Waals surface area contributed by atoms with Gasteiger partial charge in [0.25, 0.3) is 0 Å². The van der Waals surface area contributed by atoms with Gasteiger partial charge in [0.05, 0.1) is 12.8 Å². The van der Waals surface area contributed by atoms with Gasteiger partial charge in [-0.05, 0) is 30.9 Å². The summed E-state index contributed by atoms with van der Waals surface area (Å²) in [5.74, 6) is -0.268. The Balaban J connectivity index is 1.92. The standard InChI is InChI=1S/C15H22N2O4/c1-17(10-12-8-5-9-21-12)15(20)16-13(14(18)19)11-6-3-2-4-7-11/h5,8-9,11,13H,2-4,6-7,10H2,1H3,(H,16,20)(H,18,19). The molecule has 21 heavy (non-hydrogen) atoms. The largest absolute Gasteiger partial charge is 0.480 e. The van der Waals surface area contributed by atoms with E-state index in [0.29, 0.717) is 12.3 Å². The highest BCUT2D eigenvalue weighted by Gasteiger charge is 2.31. The van der Waals surface area contributed by atoms with Crippen LogP contribution >= 0.6 is 0 Å². The molecule has 1 aliphatic rings. The first-order valence-corrected chi connectivity index (χ1v) is 7.34. The number of amides is 2. The van der Waals surface area contributed by atoms with Gasteiger partial charge in [-0.3, -0.25) is 0 Å². The monoisotopic (exact) mass is 294 g/mol. The maximum atomic E-state index is 12.1. The molecule has 0 bridgehead atoms. The first kappa shape index (κ1) is 15.4. The fourth-order valence-electron chi connectivity index (χ4n) is 2.80. The lowest BCUT2D eigenvalue weighted by molar-refractivity contribution is -0.141. The average Bonchev–Trinajstić information content (AvgIpc) is 2.98. The van der Waals surface area contributed by atoms with E-state index >= 15 is 0 Å². The fraction of sp³-hybridized carbons (Fsp3) is 0.600. The number of carbonyl (C=O) groups is 2. The number of hydrogen-bond donors (Lipinski definition) is 2. The number of urea groups is 1. The molecule has 116 valence electrons. The minimum atomic E-state index is -0.957. The molecule has 0 aliphatic heterocycles. The van der Waals surface area contributed by atoms with Crippen LogP contribution in [0.5, 0.6) is 0 Å². The molecule has 0 radical (unpaired) electrons. The van der Waals surface area contributed by atoms with Crippen LogP contribution in [0, 0.1) is 5.92 Å². The highest BCUT2D eigenvalue weighted by molar-refractivity contribution is 5.82. The third kappa shape index (κ3) is 4.24. The maximum absolute atomic E-state index is 12.1. The lowest BCUT2D eigenvalue weighted by Crippen LogP contribution is -2.50. The zero-order valence-electron chi connectivity index (χ0n) is 12.2. The molecular weight excluding hydrogens is 272 g/mol. The number of hydrogen-bond acceptors (Lipinski definition) is 3. The van der Waals surface area contributed by atoms with Crippen LogP contribution in [-0.2, 0) is 11.3 Å². The summed E-state index contributed by atoms with van der Waals surface area (Å²) in [7, 11) is 1.62. The van der Waals surface area contributed by atoms with Gasteiger partial charge in [0.2, 0.25) is 0 Å². The van der Waals surface area contributed by atoms with E-state index in [1.54, 1.807) is 25.4 Å². The van der Waals surface area contributed by atoms with Gasteiger partial charge in [0.15, 0.2) is 0 Å². The van der Waals surface area contributed by atoms with E-state index in [9.17, 15) is 14.7 Å². The first-order chi connectivity index (χ1) is 10.1. The molecule has 1 aromatic heterocycles. The van der Waals surface area contributed by atoms with E-state index in [2.05, 4.69) is 5.32 Å². The Kier molecular flexibility index (Phi) is 5.25. The van der Waals surface area contributed by atoms with Crippen molar-refractivity contribution in [2.24, 2.45) is 5.92 Å². The van der Waals surface area contributed by atoms with Crippen molar-refractivity contribution in [3.63, 3.8) is 0 Å². The predicted octanol–water partition coefficient (Wildman–Crippen LogP) is 2.45. The normalized spacial score (nSPS) is 17.2. The molecule has 1 atom stereocenters. The topological polar surface area (TPSA) is 82.8 Å². The molecule has 0 saturated heterocycles. The second kappa shape index (κ2) is 7.15. The minimum Gasteiger partial charge on any atom is -0.480 e. The van der Waals surface area contributed by atoms with Crippen molar-refractivity contribution in [1.82, 2.24) is 10.2 Å². The molecule has 1 aromatic rings. The molecule has 6 heteroatoms. The highest BCUT2D eigenvalue weighted by Crippen LogP contribution is 2.26. The number of carboxylic acids is 1. The van der Waals surface area contributed by atoms with Crippen molar-refractivity contribution in [2.45, 2.75) is 44.7 Å². The van der Waals surface area contributed by atoms with Gasteiger partial charge in [-0.15, -0.1) is 0 Å². The Labute approximate surface area is 124 Å². The van der Waals surface area contributed by atoms with Crippen molar-refractivity contribution >= 4 is 12.0 Å². The number of carboxylic acid groups (broad SMARTS) is 1. The van der Waals surface area contributed by atoms with Crippen molar-refractivity contribution in [1.29, 1.82) is 0 Å². The smallest absolute Gasteiger partial charge is 0.326 e. The van der Waals surface area contributed by atoms with Crippen LogP contribution in [0.4, 0.5) is 4.79 Å². The molecule has 6 nitrogen and oxygen atoms in total. The molecule has 0 spiro atoms. The molecule has 1 fully saturated rings. The van der Waals surface area contributed by atoms with Crippen molar-refractivity contribution in [3.05, 3.63) is 24.2 Å². The van der Waals surface area contributed by atoms with Crippen LogP contribution in [0.2, 0.25) is 0 Å². The highest BCUT2D eigenvalue weighted by atomic mass is 16.4. The van der Waals surface area contributed by atoms with Crippen molar-refractivity contribution < 1.29 is 19.1 Å². The lowest BCUT2D eigenvalue weighted by atomic mass is 9.84. The maximum Gasteiger partial charge on any atom is 0.326 e. The number of aliphatic carboxylic acids is 1. The van der Waals surface area contributed by atoms with Gasteiger partial charge in [-0.1, -0.05) is 19.3 Å². The summed E-state index contributed by atoms with van der Waals surface area (Å²) >= 11 is 0. The lowest BCUT2D eigenvalue weighted by Gasteiger charge is -2.29. The van der Waals surface area contributed by atoms with Gasteiger partial charge in [0.1, 0.15) is 11.8 Å². The summed E-state index contributed by atoms with van der Waals surface area (Å²) in [6.07, 6.45) is 6.48. The SMILES string of the molecule is CN(Cc1ccco1)C(=O)NC(C(=O)O)C1CCCCC1. The second-order valence-corrected chi connectivity index (χ2v) is 5.60. The molecule has 2 rings (SSSR count). The van der Waals surface area contributed by atoms with Crippen LogP contribution < -0.4 is 5.32 Å². The van der Waals surface area contributed by atoms with Crippen LogP contribution in [0.1, 0.15) is 37.9 Å². The van der Waals surface area contributed by atoms with E-state index < -0.39 is 12.0 Å². The third-order valence-electron chi connectivity index (χ3n) is 3.99. The number of nitrogens with one attached hydrogen (secondary N) is 1. The summed E-state index contributed by atoms with van der Waals surface area (Å²) in [6, 6.07) is 2.34. The third-order valence-corrected chi connectivity index (χ3v) is 3.99. The number of furan rings is 1. The number of rotatable bonds is 5. The Morgan fingerprint density at radius 2 is 2.14 bits per heavy atom. The van der Waals surface area contributed by atoms with Crippen LogP contribution in [0.3, 0.4) is 0 Å². The number of carbonyl (C=O) groups excluding carboxylic acids is 1. The van der Waals surface area contributed by atoms with E-state index in [4.69, 9.17) is 4.42 Å². The zero-order valence-corrected chi connectivity index (χ0v) is 12.2. The number of nitrogens with zero attached hydrogens (tertiary/aromatic N) is 1. The van der Waals surface area contributed by atoms with Crippen LogP contribution in [-0.4, -0.2) is 35.1 Å². The summed E-state index contributed by atoms with van der Waals surface area (Å²) in [5, 5.41) is 12.0. The Morgan fingerprint density at radius 3 is 2.71 bits per heavy atom. The zero-order chi connectivity index (χ0) is 15.2. The van der Waals surface area contributed by atoms with E-state index in [-0.39, 0.29) is 11.9 Å². The minimum absolute atomic E-state index is 0.0252. The molecule has 1 heterocycles. The van der Waals surface area contributed by atoms with E-state index in [0.717, 1.165) is 32.1 Å². The van der Waals surface area contributed by atoms with Gasteiger partial charge < -0.3 is 19.7 Å². The van der Waals surface area contributed by atoms with Gasteiger partial charge in [0, 0.05) is 7.05 Å². The summed E-state index contributed by atoms with van der Waals surface area (Å²) in [4.78, 5) is 25.0. The second-order valence-electron chi connectivity index (χ2n) is 5.60. The first-order valence-electron chi connectivity index (χ1n) is 7.34. The average molecular weight is 294 g/mol. The molecule has 1 aliphatic carbocycles. The molecule has 2 amide bonds. The predicted molar refractivity (Wildman–Crippen MR) is 76.7 cm³/mol. The summed E-state index contributed by atoms with van der Waals surface area (Å²) in [5.41, 5.74) is 0. The Hall–Kier alpha value is -1.98. The fourth-order valence-corrected chi connectivity index (χ4v) is 2.80. The van der Waals surface area contributed by atoms with E-state index in [1.165, 1.54) is 4.90 Å². The Bertz CT molecular complexity index is 466. The van der Waals surface area contributed by atoms with Crippen LogP contribution in [0.25, 0.3) is 0 Å². The molecular formula is C15H22N2O4. The molecule has 2 N–H and O–H groups in total.